The molecule has 82 valence electrons. The number of rotatable bonds is 3. The van der Waals surface area contributed by atoms with Gasteiger partial charge in [0.1, 0.15) is 0 Å². The van der Waals surface area contributed by atoms with Gasteiger partial charge in [-0.3, -0.25) is 4.79 Å². The third-order valence-electron chi connectivity index (χ3n) is 3.10. The van der Waals surface area contributed by atoms with Crippen molar-refractivity contribution in [3.8, 4) is 6.07 Å². The topological polar surface area (TPSA) is 40.9 Å². The molecule has 1 aliphatic rings. The molecule has 0 aliphatic heterocycles. The van der Waals surface area contributed by atoms with Crippen LogP contribution in [0.4, 0.5) is 0 Å². The Labute approximate surface area is 95.9 Å². The van der Waals surface area contributed by atoms with Gasteiger partial charge in [0.15, 0.2) is 5.78 Å². The summed E-state index contributed by atoms with van der Waals surface area (Å²) in [6.07, 6.45) is 2.04. The van der Waals surface area contributed by atoms with Gasteiger partial charge in [-0.05, 0) is 38.3 Å². The van der Waals surface area contributed by atoms with E-state index in [-0.39, 0.29) is 11.7 Å². The molecule has 1 saturated carbocycles. The van der Waals surface area contributed by atoms with E-state index in [2.05, 4.69) is 6.07 Å². The van der Waals surface area contributed by atoms with E-state index in [1.807, 2.05) is 38.1 Å². The second-order valence-electron chi connectivity index (χ2n) is 4.96. The zero-order valence-electron chi connectivity index (χ0n) is 9.66. The standard InChI is InChI=1S/C14H15NO/c1-14(2,9-15)12-5-3-4-11(8-12)13(16)10-6-7-10/h3-5,8,10H,6-7H2,1-2H3. The SMILES string of the molecule is CC(C)(C#N)c1cccc(C(=O)C2CC2)c1. The first-order valence-corrected chi connectivity index (χ1v) is 5.60. The lowest BCUT2D eigenvalue weighted by Gasteiger charge is -2.16. The fourth-order valence-electron chi connectivity index (χ4n) is 1.71. The number of benzene rings is 1. The Balaban J connectivity index is 2.33. The maximum absolute atomic E-state index is 11.9. The van der Waals surface area contributed by atoms with E-state index >= 15 is 0 Å². The van der Waals surface area contributed by atoms with Gasteiger partial charge in [-0.25, -0.2) is 0 Å². The summed E-state index contributed by atoms with van der Waals surface area (Å²) in [7, 11) is 0. The molecule has 0 atom stereocenters. The fourth-order valence-corrected chi connectivity index (χ4v) is 1.71. The first-order valence-electron chi connectivity index (χ1n) is 5.60. The van der Waals surface area contributed by atoms with Crippen molar-refractivity contribution in [2.75, 3.05) is 0 Å². The largest absolute Gasteiger partial charge is 0.294 e. The maximum Gasteiger partial charge on any atom is 0.165 e. The molecule has 2 rings (SSSR count). The van der Waals surface area contributed by atoms with Gasteiger partial charge in [-0.2, -0.15) is 5.26 Å². The van der Waals surface area contributed by atoms with E-state index in [0.717, 1.165) is 24.0 Å². The van der Waals surface area contributed by atoms with E-state index in [1.54, 1.807) is 0 Å². The van der Waals surface area contributed by atoms with Crippen molar-refractivity contribution in [2.24, 2.45) is 5.92 Å². The summed E-state index contributed by atoms with van der Waals surface area (Å²) in [5, 5.41) is 9.06. The van der Waals surface area contributed by atoms with E-state index in [1.165, 1.54) is 0 Å². The minimum Gasteiger partial charge on any atom is -0.294 e. The van der Waals surface area contributed by atoms with Crippen molar-refractivity contribution in [3.05, 3.63) is 35.4 Å². The number of nitrogens with zero attached hydrogens (tertiary/aromatic N) is 1. The van der Waals surface area contributed by atoms with Gasteiger partial charge in [0.25, 0.3) is 0 Å². The molecule has 0 bridgehead atoms. The van der Waals surface area contributed by atoms with Crippen LogP contribution in [0.25, 0.3) is 0 Å². The summed E-state index contributed by atoms with van der Waals surface area (Å²) in [6.45, 7) is 3.74. The molecule has 0 radical (unpaired) electrons. The van der Waals surface area contributed by atoms with Crippen molar-refractivity contribution < 1.29 is 4.79 Å². The van der Waals surface area contributed by atoms with Crippen molar-refractivity contribution in [1.82, 2.24) is 0 Å². The molecule has 0 heterocycles. The molecular weight excluding hydrogens is 198 g/mol. The van der Waals surface area contributed by atoms with Crippen molar-refractivity contribution in [1.29, 1.82) is 5.26 Å². The molecule has 1 aliphatic carbocycles. The molecule has 1 aromatic carbocycles. The predicted molar refractivity (Wildman–Crippen MR) is 62.1 cm³/mol. The van der Waals surface area contributed by atoms with Crippen LogP contribution in [0.5, 0.6) is 0 Å². The van der Waals surface area contributed by atoms with Crippen LogP contribution in [-0.2, 0) is 5.41 Å². The summed E-state index contributed by atoms with van der Waals surface area (Å²) in [5.74, 6) is 0.469. The minimum absolute atomic E-state index is 0.232. The number of carbonyl (C=O) groups is 1. The monoisotopic (exact) mass is 213 g/mol. The van der Waals surface area contributed by atoms with Crippen LogP contribution >= 0.6 is 0 Å². The lowest BCUT2D eigenvalue weighted by atomic mass is 9.85. The van der Waals surface area contributed by atoms with Crippen LogP contribution in [0.15, 0.2) is 24.3 Å². The van der Waals surface area contributed by atoms with Gasteiger partial charge in [0.05, 0.1) is 11.5 Å². The highest BCUT2D eigenvalue weighted by molar-refractivity contribution is 5.99. The van der Waals surface area contributed by atoms with Gasteiger partial charge in [0, 0.05) is 11.5 Å². The highest BCUT2D eigenvalue weighted by atomic mass is 16.1. The average Bonchev–Trinajstić information content (AvgIpc) is 3.12. The zero-order chi connectivity index (χ0) is 11.8. The number of nitriles is 1. The van der Waals surface area contributed by atoms with Gasteiger partial charge >= 0.3 is 0 Å². The highest BCUT2D eigenvalue weighted by Crippen LogP contribution is 2.33. The molecule has 16 heavy (non-hydrogen) atoms. The lowest BCUT2D eigenvalue weighted by molar-refractivity contribution is 0.0967. The van der Waals surface area contributed by atoms with Crippen LogP contribution in [0.1, 0.15) is 42.6 Å². The lowest BCUT2D eigenvalue weighted by Crippen LogP contribution is -2.15. The van der Waals surface area contributed by atoms with Crippen LogP contribution in [0.2, 0.25) is 0 Å². The zero-order valence-corrected chi connectivity index (χ0v) is 9.66. The molecule has 0 saturated heterocycles. The molecule has 0 aromatic heterocycles. The normalized spacial score (nSPS) is 15.6. The van der Waals surface area contributed by atoms with Crippen molar-refractivity contribution >= 4 is 5.78 Å². The number of ketones is 1. The minimum atomic E-state index is -0.528. The Bertz CT molecular complexity index is 464. The highest BCUT2D eigenvalue weighted by Gasteiger charge is 2.31. The molecule has 0 N–H and O–H groups in total. The number of hydrogen-bond acceptors (Lipinski definition) is 2. The molecule has 1 aromatic rings. The Kier molecular flexibility index (Phi) is 2.55. The van der Waals surface area contributed by atoms with Crippen molar-refractivity contribution in [3.63, 3.8) is 0 Å². The Morgan fingerprint density at radius 1 is 1.44 bits per heavy atom. The van der Waals surface area contributed by atoms with Gasteiger partial charge in [0.2, 0.25) is 0 Å². The van der Waals surface area contributed by atoms with Gasteiger partial charge < -0.3 is 0 Å². The van der Waals surface area contributed by atoms with E-state index in [9.17, 15) is 4.79 Å². The molecule has 0 unspecified atom stereocenters. The Morgan fingerprint density at radius 2 is 2.12 bits per heavy atom. The second-order valence-corrected chi connectivity index (χ2v) is 4.96. The van der Waals surface area contributed by atoms with Crippen molar-refractivity contribution in [2.45, 2.75) is 32.1 Å². The Morgan fingerprint density at radius 3 is 2.69 bits per heavy atom. The quantitative estimate of drug-likeness (QED) is 0.724. The van der Waals surface area contributed by atoms with Gasteiger partial charge in [-0.15, -0.1) is 0 Å². The summed E-state index contributed by atoms with van der Waals surface area (Å²) < 4.78 is 0. The molecule has 1 fully saturated rings. The van der Waals surface area contributed by atoms with E-state index in [4.69, 9.17) is 5.26 Å². The number of hydrogen-bond donors (Lipinski definition) is 0. The smallest absolute Gasteiger partial charge is 0.165 e. The molecule has 0 spiro atoms. The summed E-state index contributed by atoms with van der Waals surface area (Å²) in [6, 6.07) is 9.74. The maximum atomic E-state index is 11.9. The molecular formula is C14H15NO. The van der Waals surface area contributed by atoms with Crippen LogP contribution in [0.3, 0.4) is 0 Å². The molecule has 2 heteroatoms. The summed E-state index contributed by atoms with van der Waals surface area (Å²) >= 11 is 0. The number of Topliss-reactive ketones (excluding diaryl/α,β-unsaturated/α-hetero) is 1. The summed E-state index contributed by atoms with van der Waals surface area (Å²) in [5.41, 5.74) is 1.14. The van der Waals surface area contributed by atoms with E-state index in [0.29, 0.717) is 0 Å². The Hall–Kier alpha value is -1.62. The first kappa shape index (κ1) is 10.9. The summed E-state index contributed by atoms with van der Waals surface area (Å²) in [4.78, 5) is 11.9. The first-order chi connectivity index (χ1) is 7.54. The van der Waals surface area contributed by atoms with E-state index < -0.39 is 5.41 Å². The average molecular weight is 213 g/mol. The van der Waals surface area contributed by atoms with Gasteiger partial charge in [-0.1, -0.05) is 18.2 Å². The van der Waals surface area contributed by atoms with Crippen LogP contribution in [0, 0.1) is 17.2 Å². The molecule has 2 nitrogen and oxygen atoms in total. The van der Waals surface area contributed by atoms with Crippen LogP contribution < -0.4 is 0 Å². The predicted octanol–water partition coefficient (Wildman–Crippen LogP) is 3.08. The number of carbonyl (C=O) groups excluding carboxylic acids is 1. The molecule has 0 amide bonds. The second kappa shape index (κ2) is 3.75. The third kappa shape index (κ3) is 1.99. The van der Waals surface area contributed by atoms with Crippen LogP contribution in [-0.4, -0.2) is 5.78 Å². The third-order valence-corrected chi connectivity index (χ3v) is 3.10. The fraction of sp³-hybridized carbons (Fsp3) is 0.429.